The number of hydrogen-bond donors (Lipinski definition) is 0. The van der Waals surface area contributed by atoms with Crippen molar-refractivity contribution in [3.8, 4) is 0 Å². The van der Waals surface area contributed by atoms with E-state index in [2.05, 4.69) is 5.10 Å². The number of esters is 1. The first-order chi connectivity index (χ1) is 13.3. The van der Waals surface area contributed by atoms with Gasteiger partial charge in [0.15, 0.2) is 15.9 Å². The van der Waals surface area contributed by atoms with Crippen molar-refractivity contribution < 1.29 is 27.2 Å². The number of carbonyl (C=O) groups is 2. The van der Waals surface area contributed by atoms with Crippen molar-refractivity contribution in [1.29, 1.82) is 0 Å². The minimum absolute atomic E-state index is 0.00620. The molecule has 0 spiro atoms. The number of hydrogen-bond acceptors (Lipinski definition) is 7. The number of amides is 1. The number of carbonyl (C=O) groups excluding carboxylic acids is 2. The first-order valence-electron chi connectivity index (χ1n) is 9.07. The Morgan fingerprint density at radius 2 is 2.21 bits per heavy atom. The van der Waals surface area contributed by atoms with Crippen LogP contribution in [0.2, 0.25) is 0 Å². The highest BCUT2D eigenvalue weighted by atomic mass is 32.2. The summed E-state index contributed by atoms with van der Waals surface area (Å²) >= 11 is 0. The van der Waals surface area contributed by atoms with Gasteiger partial charge in [0, 0.05) is 25.0 Å². The van der Waals surface area contributed by atoms with Gasteiger partial charge in [-0.1, -0.05) is 0 Å². The molecule has 0 radical (unpaired) electrons. The van der Waals surface area contributed by atoms with E-state index >= 15 is 0 Å². The second-order valence-electron chi connectivity index (χ2n) is 6.70. The third-order valence-corrected chi connectivity index (χ3v) is 6.39. The fourth-order valence-electron chi connectivity index (χ4n) is 3.24. The molecule has 3 heterocycles. The third kappa shape index (κ3) is 4.61. The summed E-state index contributed by atoms with van der Waals surface area (Å²) < 4.78 is 35.7. The Morgan fingerprint density at radius 3 is 2.82 bits per heavy atom. The molecule has 0 aliphatic carbocycles. The Hall–Kier alpha value is -2.62. The van der Waals surface area contributed by atoms with Gasteiger partial charge in [-0.2, -0.15) is 5.10 Å². The Labute approximate surface area is 163 Å². The molecule has 1 saturated heterocycles. The molecule has 2 aromatic rings. The van der Waals surface area contributed by atoms with Crippen LogP contribution in [0.15, 0.2) is 35.0 Å². The van der Waals surface area contributed by atoms with E-state index in [4.69, 9.17) is 9.15 Å². The van der Waals surface area contributed by atoms with Crippen LogP contribution in [0.1, 0.15) is 36.6 Å². The lowest BCUT2D eigenvalue weighted by molar-refractivity contribution is -0.141. The van der Waals surface area contributed by atoms with E-state index in [1.54, 1.807) is 36.1 Å². The predicted octanol–water partition coefficient (Wildman–Crippen LogP) is 1.11. The molecular formula is C18H23N3O6S. The maximum Gasteiger partial charge on any atom is 0.375 e. The first-order valence-corrected chi connectivity index (χ1v) is 10.9. The van der Waals surface area contributed by atoms with Gasteiger partial charge in [-0.15, -0.1) is 0 Å². The van der Waals surface area contributed by atoms with Crippen LogP contribution in [0.5, 0.6) is 0 Å². The van der Waals surface area contributed by atoms with E-state index in [9.17, 15) is 18.0 Å². The molecule has 2 aromatic heterocycles. The smallest absolute Gasteiger partial charge is 0.375 e. The highest BCUT2D eigenvalue weighted by Crippen LogP contribution is 2.19. The number of likely N-dealkylation sites (N-methyl/N-ethyl adjacent to an activating group) is 1. The van der Waals surface area contributed by atoms with E-state index in [-0.39, 0.29) is 23.3 Å². The maximum absolute atomic E-state index is 12.7. The van der Waals surface area contributed by atoms with Gasteiger partial charge in [0.05, 0.1) is 18.1 Å². The number of aromatic nitrogens is 2. The van der Waals surface area contributed by atoms with Crippen molar-refractivity contribution in [2.24, 2.45) is 0 Å². The van der Waals surface area contributed by atoms with Crippen LogP contribution in [-0.4, -0.2) is 65.2 Å². The average Bonchev–Trinajstić information content (AvgIpc) is 3.38. The molecule has 0 saturated carbocycles. The van der Waals surface area contributed by atoms with Gasteiger partial charge in [-0.05, 0) is 38.5 Å². The van der Waals surface area contributed by atoms with Crippen LogP contribution >= 0.6 is 0 Å². The summed E-state index contributed by atoms with van der Waals surface area (Å²) in [6, 6.07) is 4.53. The van der Waals surface area contributed by atoms with Crippen LogP contribution in [0.3, 0.4) is 0 Å². The third-order valence-electron chi connectivity index (χ3n) is 4.64. The molecule has 1 aliphatic heterocycles. The summed E-state index contributed by atoms with van der Waals surface area (Å²) in [6.45, 7) is 3.95. The number of rotatable bonds is 7. The molecule has 0 bridgehead atoms. The van der Waals surface area contributed by atoms with Crippen molar-refractivity contribution in [1.82, 2.24) is 14.7 Å². The normalized spacial score (nSPS) is 19.3. The van der Waals surface area contributed by atoms with Crippen LogP contribution in [0.4, 0.5) is 0 Å². The van der Waals surface area contributed by atoms with Crippen LogP contribution in [0.25, 0.3) is 0 Å². The van der Waals surface area contributed by atoms with Gasteiger partial charge in [0.25, 0.3) is 5.91 Å². The number of furan rings is 1. The zero-order valence-corrected chi connectivity index (χ0v) is 16.6. The molecule has 2 atom stereocenters. The zero-order chi connectivity index (χ0) is 20.3. The molecule has 28 heavy (non-hydrogen) atoms. The molecule has 0 aromatic carbocycles. The standard InChI is InChI=1S/C18H23N3O6S/c1-3-21(14-7-10-28(24,25)12-14)17(22)13(2)26-18(23)16-6-5-15(27-16)11-20-9-4-8-19-20/h4-6,8-9,13-14H,3,7,10-12H2,1-2H3. The molecule has 152 valence electrons. The quantitative estimate of drug-likeness (QED) is 0.630. The van der Waals surface area contributed by atoms with E-state index < -0.39 is 27.8 Å². The summed E-state index contributed by atoms with van der Waals surface area (Å²) in [7, 11) is -3.12. The summed E-state index contributed by atoms with van der Waals surface area (Å²) in [5, 5.41) is 4.06. The molecular weight excluding hydrogens is 386 g/mol. The fourth-order valence-corrected chi connectivity index (χ4v) is 4.97. The molecule has 0 N–H and O–H groups in total. The lowest BCUT2D eigenvalue weighted by Gasteiger charge is -2.29. The highest BCUT2D eigenvalue weighted by Gasteiger charge is 2.36. The zero-order valence-electron chi connectivity index (χ0n) is 15.8. The second kappa shape index (κ2) is 8.17. The topological polar surface area (TPSA) is 112 Å². The van der Waals surface area contributed by atoms with Crippen LogP contribution in [0, 0.1) is 0 Å². The minimum atomic E-state index is -3.12. The molecule has 1 aliphatic rings. The maximum atomic E-state index is 12.7. The van der Waals surface area contributed by atoms with Gasteiger partial charge < -0.3 is 14.1 Å². The van der Waals surface area contributed by atoms with Gasteiger partial charge in [0.2, 0.25) is 5.76 Å². The Bertz CT molecular complexity index is 934. The monoisotopic (exact) mass is 409 g/mol. The van der Waals surface area contributed by atoms with Crippen LogP contribution in [-0.2, 0) is 25.9 Å². The largest absolute Gasteiger partial charge is 0.452 e. The van der Waals surface area contributed by atoms with Crippen molar-refractivity contribution in [2.45, 2.75) is 39.0 Å². The van der Waals surface area contributed by atoms with E-state index in [0.717, 1.165) is 0 Å². The van der Waals surface area contributed by atoms with Gasteiger partial charge in [-0.25, -0.2) is 13.2 Å². The minimum Gasteiger partial charge on any atom is -0.452 e. The Kier molecular flexibility index (Phi) is 5.87. The number of sulfone groups is 1. The predicted molar refractivity (Wildman–Crippen MR) is 99.4 cm³/mol. The van der Waals surface area contributed by atoms with Crippen molar-refractivity contribution in [3.63, 3.8) is 0 Å². The molecule has 10 heteroatoms. The van der Waals surface area contributed by atoms with Gasteiger partial charge in [-0.3, -0.25) is 9.48 Å². The molecule has 1 amide bonds. The molecule has 3 rings (SSSR count). The lowest BCUT2D eigenvalue weighted by atomic mass is 10.2. The van der Waals surface area contributed by atoms with E-state index in [1.165, 1.54) is 17.9 Å². The van der Waals surface area contributed by atoms with E-state index in [0.29, 0.717) is 25.3 Å². The van der Waals surface area contributed by atoms with Crippen molar-refractivity contribution >= 4 is 21.7 Å². The second-order valence-corrected chi connectivity index (χ2v) is 8.93. The number of ether oxygens (including phenoxy) is 1. The molecule has 1 fully saturated rings. The highest BCUT2D eigenvalue weighted by molar-refractivity contribution is 7.91. The summed E-state index contributed by atoms with van der Waals surface area (Å²) in [5.41, 5.74) is 0. The Balaban J connectivity index is 1.60. The van der Waals surface area contributed by atoms with Gasteiger partial charge in [0.1, 0.15) is 5.76 Å². The summed E-state index contributed by atoms with van der Waals surface area (Å²) in [5.74, 6) is -0.623. The van der Waals surface area contributed by atoms with Gasteiger partial charge >= 0.3 is 5.97 Å². The first kappa shape index (κ1) is 20.1. The number of nitrogens with zero attached hydrogens (tertiary/aromatic N) is 3. The SMILES string of the molecule is CCN(C(=O)C(C)OC(=O)c1ccc(Cn2cccn2)o1)C1CCS(=O)(=O)C1. The molecule has 2 unspecified atom stereocenters. The summed E-state index contributed by atoms with van der Waals surface area (Å²) in [4.78, 5) is 26.4. The average molecular weight is 409 g/mol. The molecule has 9 nitrogen and oxygen atoms in total. The summed E-state index contributed by atoms with van der Waals surface area (Å²) in [6.07, 6.45) is 2.76. The van der Waals surface area contributed by atoms with Crippen LogP contribution < -0.4 is 0 Å². The van der Waals surface area contributed by atoms with Crippen molar-refractivity contribution in [2.75, 3.05) is 18.1 Å². The van der Waals surface area contributed by atoms with Crippen molar-refractivity contribution in [3.05, 3.63) is 42.1 Å². The lowest BCUT2D eigenvalue weighted by Crippen LogP contribution is -2.46. The Morgan fingerprint density at radius 1 is 1.43 bits per heavy atom. The fraction of sp³-hybridized carbons (Fsp3) is 0.500. The van der Waals surface area contributed by atoms with E-state index in [1.807, 2.05) is 0 Å².